The molecule has 3 heterocycles. The van der Waals surface area contributed by atoms with E-state index in [0.29, 0.717) is 39.9 Å². The minimum absolute atomic E-state index is 0.0335. The second-order valence-electron chi connectivity index (χ2n) is 6.27. The molecule has 1 aliphatic rings. The summed E-state index contributed by atoms with van der Waals surface area (Å²) in [6, 6.07) is 13.4. The second kappa shape index (κ2) is 7.77. The van der Waals surface area contributed by atoms with Gasteiger partial charge in [0, 0.05) is 23.5 Å². The summed E-state index contributed by atoms with van der Waals surface area (Å²) in [5.41, 5.74) is 1.03. The Hall–Kier alpha value is -3.26. The third-order valence-corrected chi connectivity index (χ3v) is 5.45. The van der Waals surface area contributed by atoms with E-state index in [1.807, 2.05) is 4.90 Å². The number of halogens is 1. The fraction of sp³-hybridized carbons (Fsp3) is 0.150. The Kier molecular flexibility index (Phi) is 5.03. The van der Waals surface area contributed by atoms with Crippen LogP contribution in [0.5, 0.6) is 0 Å². The highest BCUT2D eigenvalue weighted by molar-refractivity contribution is 7.17. The Labute approximate surface area is 165 Å². The number of amides is 2. The number of anilines is 2. The minimum Gasteiger partial charge on any atom is -0.353 e. The number of hydrogen-bond acceptors (Lipinski definition) is 5. The molecule has 0 unspecified atom stereocenters. The molecule has 1 fully saturated rings. The molecule has 4 rings (SSSR count). The van der Waals surface area contributed by atoms with Gasteiger partial charge in [0.2, 0.25) is 5.91 Å². The molecule has 3 aromatic rings. The highest BCUT2D eigenvalue weighted by atomic mass is 32.1. The van der Waals surface area contributed by atoms with Crippen LogP contribution in [0.3, 0.4) is 0 Å². The fourth-order valence-corrected chi connectivity index (χ4v) is 3.87. The summed E-state index contributed by atoms with van der Waals surface area (Å²) in [7, 11) is 0. The fourth-order valence-electron chi connectivity index (χ4n) is 2.94. The molecule has 1 aromatic carbocycles. The van der Waals surface area contributed by atoms with Gasteiger partial charge in [-0.05, 0) is 30.3 Å². The Morgan fingerprint density at radius 2 is 2.04 bits per heavy atom. The van der Waals surface area contributed by atoms with Gasteiger partial charge < -0.3 is 15.5 Å². The van der Waals surface area contributed by atoms with Crippen LogP contribution < -0.4 is 15.5 Å². The Morgan fingerprint density at radius 1 is 1.18 bits per heavy atom. The van der Waals surface area contributed by atoms with E-state index < -0.39 is 0 Å². The molecule has 28 heavy (non-hydrogen) atoms. The normalized spacial score (nSPS) is 13.9. The number of carbonyl (C=O) groups excluding carboxylic acids is 2. The van der Waals surface area contributed by atoms with E-state index in [4.69, 9.17) is 0 Å². The molecule has 0 saturated carbocycles. The van der Waals surface area contributed by atoms with Crippen molar-refractivity contribution in [2.24, 2.45) is 0 Å². The van der Waals surface area contributed by atoms with Gasteiger partial charge in [-0.25, -0.2) is 9.37 Å². The first-order valence-electron chi connectivity index (χ1n) is 8.74. The van der Waals surface area contributed by atoms with Crippen molar-refractivity contribution in [3.63, 3.8) is 0 Å². The molecule has 1 aliphatic heterocycles. The number of nitrogens with one attached hydrogen (secondary N) is 2. The maximum atomic E-state index is 13.9. The quantitative estimate of drug-likeness (QED) is 0.711. The lowest BCUT2D eigenvalue weighted by Crippen LogP contribution is -2.48. The standard InChI is InChI=1S/C20H17FN4O2S/c21-15-4-2-1-3-14(15)16-6-7-17(28-16)20(27)24-13-5-8-18(23-11-13)25-10-9-22-19(26)12-25/h1-8,11H,9-10,12H2,(H,22,26)(H,24,27). The number of hydrogen-bond donors (Lipinski definition) is 2. The summed E-state index contributed by atoms with van der Waals surface area (Å²) >= 11 is 1.23. The number of nitrogens with zero attached hydrogens (tertiary/aromatic N) is 2. The highest BCUT2D eigenvalue weighted by Crippen LogP contribution is 2.30. The van der Waals surface area contributed by atoms with E-state index in [9.17, 15) is 14.0 Å². The molecule has 0 atom stereocenters. The molecule has 6 nitrogen and oxygen atoms in total. The van der Waals surface area contributed by atoms with Crippen LogP contribution in [-0.4, -0.2) is 36.4 Å². The molecular weight excluding hydrogens is 379 g/mol. The summed E-state index contributed by atoms with van der Waals surface area (Å²) in [4.78, 5) is 31.4. The van der Waals surface area contributed by atoms with Gasteiger partial charge in [0.15, 0.2) is 0 Å². The van der Waals surface area contributed by atoms with Gasteiger partial charge in [0.05, 0.1) is 23.3 Å². The van der Waals surface area contributed by atoms with Crippen LogP contribution in [0, 0.1) is 5.82 Å². The Bertz CT molecular complexity index is 1020. The van der Waals surface area contributed by atoms with Gasteiger partial charge in [0.25, 0.3) is 5.91 Å². The van der Waals surface area contributed by atoms with Crippen molar-refractivity contribution < 1.29 is 14.0 Å². The zero-order chi connectivity index (χ0) is 19.5. The lowest BCUT2D eigenvalue weighted by molar-refractivity contribution is -0.120. The third-order valence-electron chi connectivity index (χ3n) is 4.34. The first-order valence-corrected chi connectivity index (χ1v) is 9.55. The molecular formula is C20H17FN4O2S. The first kappa shape index (κ1) is 18.1. The van der Waals surface area contributed by atoms with Crippen molar-refractivity contribution in [3.8, 4) is 10.4 Å². The van der Waals surface area contributed by atoms with Crippen LogP contribution in [0.15, 0.2) is 54.7 Å². The highest BCUT2D eigenvalue weighted by Gasteiger charge is 2.18. The summed E-state index contributed by atoms with van der Waals surface area (Å²) in [5, 5.41) is 5.56. The van der Waals surface area contributed by atoms with E-state index in [1.165, 1.54) is 17.4 Å². The van der Waals surface area contributed by atoms with Crippen molar-refractivity contribution in [1.29, 1.82) is 0 Å². The van der Waals surface area contributed by atoms with E-state index in [-0.39, 0.29) is 24.2 Å². The number of carbonyl (C=O) groups is 2. The van der Waals surface area contributed by atoms with Crippen LogP contribution in [0.25, 0.3) is 10.4 Å². The molecule has 8 heteroatoms. The van der Waals surface area contributed by atoms with E-state index in [2.05, 4.69) is 15.6 Å². The van der Waals surface area contributed by atoms with Crippen LogP contribution in [0.1, 0.15) is 9.67 Å². The van der Waals surface area contributed by atoms with Crippen molar-refractivity contribution >= 4 is 34.7 Å². The second-order valence-corrected chi connectivity index (χ2v) is 7.36. The average molecular weight is 396 g/mol. The summed E-state index contributed by atoms with van der Waals surface area (Å²) in [5.74, 6) is 0.0570. The van der Waals surface area contributed by atoms with E-state index >= 15 is 0 Å². The topological polar surface area (TPSA) is 74.3 Å². The number of rotatable bonds is 4. The van der Waals surface area contributed by atoms with Gasteiger partial charge in [0.1, 0.15) is 11.6 Å². The van der Waals surface area contributed by atoms with Gasteiger partial charge in [-0.3, -0.25) is 9.59 Å². The van der Waals surface area contributed by atoms with Crippen LogP contribution in [-0.2, 0) is 4.79 Å². The zero-order valence-corrected chi connectivity index (χ0v) is 15.6. The SMILES string of the molecule is O=C1CN(c2ccc(NC(=O)c3ccc(-c4ccccc4F)s3)cn2)CCN1. The van der Waals surface area contributed by atoms with Crippen LogP contribution in [0.2, 0.25) is 0 Å². The number of thiophene rings is 1. The maximum absolute atomic E-state index is 13.9. The summed E-state index contributed by atoms with van der Waals surface area (Å²) in [6.45, 7) is 1.55. The van der Waals surface area contributed by atoms with Crippen molar-refractivity contribution in [3.05, 3.63) is 65.4 Å². The number of pyridine rings is 1. The molecule has 2 aromatic heterocycles. The predicted molar refractivity (Wildman–Crippen MR) is 107 cm³/mol. The largest absolute Gasteiger partial charge is 0.353 e. The number of piperazine rings is 1. The smallest absolute Gasteiger partial charge is 0.265 e. The number of aromatic nitrogens is 1. The Balaban J connectivity index is 1.44. The van der Waals surface area contributed by atoms with Crippen LogP contribution >= 0.6 is 11.3 Å². The molecule has 0 radical (unpaired) electrons. The van der Waals surface area contributed by atoms with Crippen molar-refractivity contribution in [2.45, 2.75) is 0 Å². The van der Waals surface area contributed by atoms with Gasteiger partial charge in [-0.15, -0.1) is 11.3 Å². The third kappa shape index (κ3) is 3.86. The number of benzene rings is 1. The molecule has 1 saturated heterocycles. The molecule has 0 spiro atoms. The monoisotopic (exact) mass is 396 g/mol. The van der Waals surface area contributed by atoms with Gasteiger partial charge >= 0.3 is 0 Å². The lowest BCUT2D eigenvalue weighted by atomic mass is 10.2. The van der Waals surface area contributed by atoms with Gasteiger partial charge in [-0.2, -0.15) is 0 Å². The Morgan fingerprint density at radius 3 is 2.79 bits per heavy atom. The molecule has 2 amide bonds. The lowest BCUT2D eigenvalue weighted by Gasteiger charge is -2.27. The minimum atomic E-state index is -0.317. The van der Waals surface area contributed by atoms with E-state index in [1.54, 1.807) is 48.7 Å². The molecule has 0 bridgehead atoms. The average Bonchev–Trinajstić information content (AvgIpc) is 3.19. The maximum Gasteiger partial charge on any atom is 0.265 e. The summed E-state index contributed by atoms with van der Waals surface area (Å²) < 4.78 is 13.9. The molecule has 2 N–H and O–H groups in total. The van der Waals surface area contributed by atoms with Crippen molar-refractivity contribution in [1.82, 2.24) is 10.3 Å². The zero-order valence-electron chi connectivity index (χ0n) is 14.8. The van der Waals surface area contributed by atoms with E-state index in [0.717, 1.165) is 0 Å². The first-order chi connectivity index (χ1) is 13.6. The molecule has 0 aliphatic carbocycles. The molecule has 142 valence electrons. The van der Waals surface area contributed by atoms with Crippen LogP contribution in [0.4, 0.5) is 15.9 Å². The predicted octanol–water partition coefficient (Wildman–Crippen LogP) is 3.14. The summed E-state index contributed by atoms with van der Waals surface area (Å²) in [6.07, 6.45) is 1.56. The van der Waals surface area contributed by atoms with Gasteiger partial charge in [-0.1, -0.05) is 18.2 Å². The van der Waals surface area contributed by atoms with Crippen molar-refractivity contribution in [2.75, 3.05) is 29.9 Å².